The first kappa shape index (κ1) is 15.0. The van der Waals surface area contributed by atoms with E-state index in [0.29, 0.717) is 0 Å². The summed E-state index contributed by atoms with van der Waals surface area (Å²) in [5.41, 5.74) is 2.50. The topological polar surface area (TPSA) is 28.4 Å². The zero-order chi connectivity index (χ0) is 13.8. The summed E-state index contributed by atoms with van der Waals surface area (Å²) in [6.07, 6.45) is 1.84. The minimum absolute atomic E-state index is 0.133. The molecule has 18 heavy (non-hydrogen) atoms. The molecule has 0 aliphatic rings. The van der Waals surface area contributed by atoms with Crippen molar-refractivity contribution in [2.45, 2.75) is 46.3 Å². The molecule has 0 bridgehead atoms. The number of furan rings is 1. The lowest BCUT2D eigenvalue weighted by molar-refractivity contribution is 0.317. The van der Waals surface area contributed by atoms with E-state index < -0.39 is 0 Å². The molecule has 0 aliphatic carbocycles. The van der Waals surface area contributed by atoms with Crippen LogP contribution in [0, 0.1) is 0 Å². The molecule has 0 unspecified atom stereocenters. The number of likely N-dealkylation sites (N-methyl/N-ethyl adjacent to an activating group) is 1. The van der Waals surface area contributed by atoms with Gasteiger partial charge in [-0.3, -0.25) is 4.90 Å². The fourth-order valence-electron chi connectivity index (χ4n) is 1.75. The van der Waals surface area contributed by atoms with Gasteiger partial charge in [0.05, 0.1) is 12.8 Å². The van der Waals surface area contributed by atoms with Gasteiger partial charge in [0.25, 0.3) is 0 Å². The van der Waals surface area contributed by atoms with Gasteiger partial charge >= 0.3 is 0 Å². The second kappa shape index (κ2) is 6.21. The molecule has 0 spiro atoms. The van der Waals surface area contributed by atoms with Gasteiger partial charge in [-0.1, -0.05) is 12.2 Å². The Morgan fingerprint density at radius 2 is 2.11 bits per heavy atom. The average Bonchev–Trinajstić information content (AvgIpc) is 2.60. The van der Waals surface area contributed by atoms with Crippen LogP contribution in [0.3, 0.4) is 0 Å². The molecule has 0 saturated carbocycles. The number of hydrogen-bond donors (Lipinski definition) is 1. The van der Waals surface area contributed by atoms with Crippen LogP contribution in [0.25, 0.3) is 0 Å². The quantitative estimate of drug-likeness (QED) is 0.786. The maximum atomic E-state index is 5.57. The second-order valence-electron chi connectivity index (χ2n) is 6.15. The summed E-state index contributed by atoms with van der Waals surface area (Å²) in [6, 6.07) is 2.12. The van der Waals surface area contributed by atoms with Gasteiger partial charge in [0, 0.05) is 24.2 Å². The van der Waals surface area contributed by atoms with Gasteiger partial charge in [0.2, 0.25) is 0 Å². The normalized spacial score (nSPS) is 12.1. The molecule has 3 heteroatoms. The van der Waals surface area contributed by atoms with Crippen LogP contribution < -0.4 is 5.32 Å². The summed E-state index contributed by atoms with van der Waals surface area (Å²) in [4.78, 5) is 2.20. The third kappa shape index (κ3) is 6.03. The number of nitrogens with zero attached hydrogens (tertiary/aromatic N) is 1. The first-order chi connectivity index (χ1) is 8.26. The van der Waals surface area contributed by atoms with Gasteiger partial charge in [0.1, 0.15) is 5.76 Å². The highest BCUT2D eigenvalue weighted by Crippen LogP contribution is 2.12. The number of nitrogens with one attached hydrogen (secondary N) is 1. The average molecular weight is 250 g/mol. The molecule has 0 radical (unpaired) electrons. The summed E-state index contributed by atoms with van der Waals surface area (Å²) in [6.45, 7) is 15.0. The first-order valence-electron chi connectivity index (χ1n) is 6.40. The fourth-order valence-corrected chi connectivity index (χ4v) is 1.75. The van der Waals surface area contributed by atoms with Crippen LogP contribution >= 0.6 is 0 Å². The predicted octanol–water partition coefficient (Wildman–Crippen LogP) is 3.18. The maximum Gasteiger partial charge on any atom is 0.118 e. The van der Waals surface area contributed by atoms with Gasteiger partial charge in [-0.25, -0.2) is 0 Å². The zero-order valence-electron chi connectivity index (χ0n) is 12.3. The summed E-state index contributed by atoms with van der Waals surface area (Å²) in [5.74, 6) is 1.00. The van der Waals surface area contributed by atoms with Gasteiger partial charge < -0.3 is 9.73 Å². The smallest absolute Gasteiger partial charge is 0.118 e. The Kier molecular flexibility index (Phi) is 5.17. The SMILES string of the molecule is C=C(C)CN(C)Cc1cc(CNC(C)(C)C)co1. The van der Waals surface area contributed by atoms with E-state index in [9.17, 15) is 0 Å². The monoisotopic (exact) mass is 250 g/mol. The van der Waals surface area contributed by atoms with E-state index in [1.165, 1.54) is 11.1 Å². The largest absolute Gasteiger partial charge is 0.468 e. The van der Waals surface area contributed by atoms with Gasteiger partial charge in [-0.05, 0) is 40.8 Å². The standard InChI is InChI=1S/C15H26N2O/c1-12(2)9-17(6)10-14-7-13(11-18-14)8-16-15(3,4)5/h7,11,16H,1,8-10H2,2-6H3. The molecule has 1 aromatic rings. The highest BCUT2D eigenvalue weighted by molar-refractivity contribution is 5.13. The first-order valence-corrected chi connectivity index (χ1v) is 6.40. The van der Waals surface area contributed by atoms with E-state index >= 15 is 0 Å². The zero-order valence-corrected chi connectivity index (χ0v) is 12.3. The Morgan fingerprint density at radius 3 is 2.67 bits per heavy atom. The van der Waals surface area contributed by atoms with E-state index in [4.69, 9.17) is 4.42 Å². The molecule has 1 rings (SSSR count). The Balaban J connectivity index is 2.45. The Labute approximate surface area is 111 Å². The van der Waals surface area contributed by atoms with Crippen molar-refractivity contribution < 1.29 is 4.42 Å². The molecule has 102 valence electrons. The molecular formula is C15H26N2O. The van der Waals surface area contributed by atoms with Gasteiger partial charge in [-0.15, -0.1) is 0 Å². The molecule has 0 aliphatic heterocycles. The number of hydrogen-bond acceptors (Lipinski definition) is 3. The molecule has 0 atom stereocenters. The highest BCUT2D eigenvalue weighted by atomic mass is 16.3. The van der Waals surface area contributed by atoms with E-state index in [0.717, 1.165) is 25.4 Å². The van der Waals surface area contributed by atoms with Crippen molar-refractivity contribution in [1.29, 1.82) is 0 Å². The number of rotatable bonds is 6. The van der Waals surface area contributed by atoms with E-state index in [-0.39, 0.29) is 5.54 Å². The molecule has 1 N–H and O–H groups in total. The van der Waals surface area contributed by atoms with Crippen LogP contribution in [0.4, 0.5) is 0 Å². The summed E-state index contributed by atoms with van der Waals surface area (Å²) in [7, 11) is 2.07. The summed E-state index contributed by atoms with van der Waals surface area (Å²) in [5, 5.41) is 3.45. The Hall–Kier alpha value is -1.06. The molecular weight excluding hydrogens is 224 g/mol. The van der Waals surface area contributed by atoms with Crippen LogP contribution in [-0.2, 0) is 13.1 Å². The van der Waals surface area contributed by atoms with Crippen molar-refractivity contribution in [1.82, 2.24) is 10.2 Å². The third-order valence-corrected chi connectivity index (χ3v) is 2.50. The van der Waals surface area contributed by atoms with Crippen LogP contribution in [0.1, 0.15) is 39.0 Å². The van der Waals surface area contributed by atoms with Crippen molar-refractivity contribution >= 4 is 0 Å². The van der Waals surface area contributed by atoms with E-state index in [2.05, 4.69) is 50.7 Å². The Morgan fingerprint density at radius 1 is 1.44 bits per heavy atom. The molecule has 1 aromatic heterocycles. The molecule has 0 amide bonds. The lowest BCUT2D eigenvalue weighted by Crippen LogP contribution is -2.34. The lowest BCUT2D eigenvalue weighted by Gasteiger charge is -2.19. The van der Waals surface area contributed by atoms with E-state index in [1.807, 2.05) is 13.2 Å². The predicted molar refractivity (Wildman–Crippen MR) is 76.4 cm³/mol. The fraction of sp³-hybridized carbons (Fsp3) is 0.600. The third-order valence-electron chi connectivity index (χ3n) is 2.50. The summed E-state index contributed by atoms with van der Waals surface area (Å²) < 4.78 is 5.57. The maximum absolute atomic E-state index is 5.57. The van der Waals surface area contributed by atoms with Crippen molar-refractivity contribution in [3.63, 3.8) is 0 Å². The van der Waals surface area contributed by atoms with Crippen molar-refractivity contribution in [2.75, 3.05) is 13.6 Å². The van der Waals surface area contributed by atoms with Crippen molar-refractivity contribution in [3.8, 4) is 0 Å². The highest BCUT2D eigenvalue weighted by Gasteiger charge is 2.10. The van der Waals surface area contributed by atoms with Crippen LogP contribution in [-0.4, -0.2) is 24.0 Å². The minimum Gasteiger partial charge on any atom is -0.468 e. The molecule has 3 nitrogen and oxygen atoms in total. The van der Waals surface area contributed by atoms with Crippen LogP contribution in [0.5, 0.6) is 0 Å². The summed E-state index contributed by atoms with van der Waals surface area (Å²) >= 11 is 0. The molecule has 0 aromatic carbocycles. The van der Waals surface area contributed by atoms with Crippen molar-refractivity contribution in [3.05, 3.63) is 35.8 Å². The van der Waals surface area contributed by atoms with Gasteiger partial charge in [-0.2, -0.15) is 0 Å². The van der Waals surface area contributed by atoms with Crippen LogP contribution in [0.2, 0.25) is 0 Å². The van der Waals surface area contributed by atoms with Gasteiger partial charge in [0.15, 0.2) is 0 Å². The molecule has 0 saturated heterocycles. The van der Waals surface area contributed by atoms with Crippen molar-refractivity contribution in [2.24, 2.45) is 0 Å². The lowest BCUT2D eigenvalue weighted by atomic mass is 10.1. The van der Waals surface area contributed by atoms with E-state index in [1.54, 1.807) is 0 Å². The molecule has 0 fully saturated rings. The second-order valence-corrected chi connectivity index (χ2v) is 6.15. The minimum atomic E-state index is 0.133. The molecule has 1 heterocycles. The Bertz CT molecular complexity index is 387. The van der Waals surface area contributed by atoms with Crippen LogP contribution in [0.15, 0.2) is 28.9 Å².